The van der Waals surface area contributed by atoms with Crippen LogP contribution in [-0.2, 0) is 4.79 Å². The number of hydrogen-bond donors (Lipinski definition) is 0. The number of hydrogen-bond acceptors (Lipinski definition) is 4. The summed E-state index contributed by atoms with van der Waals surface area (Å²) in [6.07, 6.45) is -5.42. The van der Waals surface area contributed by atoms with Gasteiger partial charge in [-0.25, -0.2) is 0 Å². The van der Waals surface area contributed by atoms with Crippen LogP contribution in [0.15, 0.2) is 17.2 Å². The summed E-state index contributed by atoms with van der Waals surface area (Å²) in [5, 5.41) is 10.7. The molecule has 1 aromatic heterocycles. The molecule has 9 heteroatoms. The van der Waals surface area contributed by atoms with Gasteiger partial charge in [0.15, 0.2) is 16.7 Å². The molecule has 1 aromatic rings. The molecule has 1 amide bonds. The van der Waals surface area contributed by atoms with E-state index in [0.717, 1.165) is 0 Å². The van der Waals surface area contributed by atoms with E-state index in [0.29, 0.717) is 5.01 Å². The second kappa shape index (κ2) is 3.95. The third kappa shape index (κ3) is 2.36. The second-order valence-corrected chi connectivity index (χ2v) is 3.53. The van der Waals surface area contributed by atoms with Crippen LogP contribution in [0.1, 0.15) is 6.42 Å². The first kappa shape index (κ1) is 11.8. The highest BCUT2D eigenvalue weighted by atomic mass is 35.5. The van der Waals surface area contributed by atoms with Gasteiger partial charge in [-0.3, -0.25) is 4.79 Å². The van der Waals surface area contributed by atoms with Gasteiger partial charge in [-0.05, 0) is 12.1 Å². The lowest BCUT2D eigenvalue weighted by atomic mass is 10.3. The molecule has 5 nitrogen and oxygen atoms in total. The fraction of sp³-hybridized carbons (Fsp3) is 0.250. The summed E-state index contributed by atoms with van der Waals surface area (Å²) in [4.78, 5) is 11.3. The first-order valence-electron chi connectivity index (χ1n) is 4.35. The van der Waals surface area contributed by atoms with Gasteiger partial charge >= 0.3 is 6.18 Å². The molecule has 2 rings (SSSR count). The predicted molar refractivity (Wildman–Crippen MR) is 52.6 cm³/mol. The number of nitrogens with zero attached hydrogens (tertiary/aromatic N) is 4. The molecule has 0 aliphatic carbocycles. The number of aromatic nitrogens is 2. The smallest absolute Gasteiger partial charge is 0.272 e. The summed E-state index contributed by atoms with van der Waals surface area (Å²) in [5.41, 5.74) is -1.15. The Labute approximate surface area is 97.9 Å². The minimum Gasteiger partial charge on any atom is -0.272 e. The van der Waals surface area contributed by atoms with Crippen LogP contribution in [0, 0.1) is 0 Å². The molecule has 0 atom stereocenters. The molecular weight excluding hydrogens is 261 g/mol. The molecule has 2 heterocycles. The highest BCUT2D eigenvalue weighted by molar-refractivity contribution is 6.29. The number of hydrazone groups is 1. The number of anilines is 1. The van der Waals surface area contributed by atoms with Crippen LogP contribution in [0.3, 0.4) is 0 Å². The standard InChI is InChI=1S/C8H4ClF3N4O/c9-5-1-2-6(14-13-5)16-7(17)3-4(15-16)8(10,11)12/h1-2H,3H2. The van der Waals surface area contributed by atoms with Crippen molar-refractivity contribution in [2.24, 2.45) is 5.10 Å². The lowest BCUT2D eigenvalue weighted by Crippen LogP contribution is -2.22. The van der Waals surface area contributed by atoms with Gasteiger partial charge in [0.2, 0.25) is 0 Å². The summed E-state index contributed by atoms with van der Waals surface area (Å²) >= 11 is 5.46. The Hall–Kier alpha value is -1.70. The van der Waals surface area contributed by atoms with E-state index in [4.69, 9.17) is 11.6 Å². The Bertz CT molecular complexity index is 485. The van der Waals surface area contributed by atoms with E-state index in [9.17, 15) is 18.0 Å². The van der Waals surface area contributed by atoms with Crippen LogP contribution in [0.4, 0.5) is 19.0 Å². The van der Waals surface area contributed by atoms with Crippen molar-refractivity contribution in [3.05, 3.63) is 17.3 Å². The fourth-order valence-electron chi connectivity index (χ4n) is 1.19. The van der Waals surface area contributed by atoms with Crippen molar-refractivity contribution in [2.75, 3.05) is 5.01 Å². The van der Waals surface area contributed by atoms with E-state index in [1.165, 1.54) is 12.1 Å². The molecule has 0 saturated heterocycles. The zero-order chi connectivity index (χ0) is 12.6. The maximum atomic E-state index is 12.3. The average Bonchev–Trinajstić information content (AvgIpc) is 2.61. The summed E-state index contributed by atoms with van der Waals surface area (Å²) in [5.74, 6) is -0.910. The van der Waals surface area contributed by atoms with Gasteiger partial charge in [0.05, 0.1) is 6.42 Å². The predicted octanol–water partition coefficient (Wildman–Crippen LogP) is 1.78. The summed E-state index contributed by atoms with van der Waals surface area (Å²) < 4.78 is 37.0. The van der Waals surface area contributed by atoms with Gasteiger partial charge in [0.25, 0.3) is 5.91 Å². The van der Waals surface area contributed by atoms with Gasteiger partial charge in [0.1, 0.15) is 0 Å². The lowest BCUT2D eigenvalue weighted by molar-refractivity contribution is -0.117. The summed E-state index contributed by atoms with van der Waals surface area (Å²) in [7, 11) is 0. The zero-order valence-electron chi connectivity index (χ0n) is 8.07. The molecule has 0 N–H and O–H groups in total. The molecule has 0 bridgehead atoms. The third-order valence-electron chi connectivity index (χ3n) is 1.94. The molecular formula is C8H4ClF3N4O. The number of amides is 1. The van der Waals surface area contributed by atoms with E-state index >= 15 is 0 Å². The highest BCUT2D eigenvalue weighted by Crippen LogP contribution is 2.27. The van der Waals surface area contributed by atoms with Crippen molar-refractivity contribution < 1.29 is 18.0 Å². The lowest BCUT2D eigenvalue weighted by Gasteiger charge is -2.08. The molecule has 0 radical (unpaired) electrons. The molecule has 0 unspecified atom stereocenters. The van der Waals surface area contributed by atoms with E-state index < -0.39 is 24.2 Å². The van der Waals surface area contributed by atoms with Crippen molar-refractivity contribution in [2.45, 2.75) is 12.6 Å². The van der Waals surface area contributed by atoms with Crippen molar-refractivity contribution >= 4 is 29.0 Å². The van der Waals surface area contributed by atoms with Gasteiger partial charge in [-0.2, -0.15) is 23.3 Å². The van der Waals surface area contributed by atoms with Gasteiger partial charge in [-0.15, -0.1) is 10.2 Å². The Kier molecular flexibility index (Phi) is 2.74. The summed E-state index contributed by atoms with van der Waals surface area (Å²) in [6, 6.07) is 2.56. The number of carbonyl (C=O) groups excluding carboxylic acids is 1. The van der Waals surface area contributed by atoms with Gasteiger partial charge in [-0.1, -0.05) is 11.6 Å². The van der Waals surface area contributed by atoms with E-state index in [1.807, 2.05) is 0 Å². The van der Waals surface area contributed by atoms with Gasteiger partial charge < -0.3 is 0 Å². The fourth-order valence-corrected chi connectivity index (χ4v) is 1.29. The van der Waals surface area contributed by atoms with Crippen LogP contribution in [0.25, 0.3) is 0 Å². The van der Waals surface area contributed by atoms with Gasteiger partial charge in [0, 0.05) is 0 Å². The molecule has 1 aliphatic heterocycles. The van der Waals surface area contributed by atoms with E-state index in [2.05, 4.69) is 15.3 Å². The van der Waals surface area contributed by atoms with E-state index in [1.54, 1.807) is 0 Å². The zero-order valence-corrected chi connectivity index (χ0v) is 8.83. The normalized spacial score (nSPS) is 16.4. The van der Waals surface area contributed by atoms with Crippen LogP contribution in [-0.4, -0.2) is 28.0 Å². The van der Waals surface area contributed by atoms with Crippen molar-refractivity contribution in [3.8, 4) is 0 Å². The minimum atomic E-state index is -4.62. The van der Waals surface area contributed by atoms with Crippen molar-refractivity contribution in [1.29, 1.82) is 0 Å². The number of rotatable bonds is 1. The van der Waals surface area contributed by atoms with Crippen LogP contribution in [0.5, 0.6) is 0 Å². The highest BCUT2D eigenvalue weighted by Gasteiger charge is 2.43. The molecule has 0 saturated carbocycles. The third-order valence-corrected chi connectivity index (χ3v) is 2.14. The monoisotopic (exact) mass is 264 g/mol. The van der Waals surface area contributed by atoms with Crippen LogP contribution >= 0.6 is 11.6 Å². The van der Waals surface area contributed by atoms with Crippen molar-refractivity contribution in [1.82, 2.24) is 10.2 Å². The first-order valence-corrected chi connectivity index (χ1v) is 4.72. The number of carbonyl (C=O) groups is 1. The average molecular weight is 265 g/mol. The largest absolute Gasteiger partial charge is 0.431 e. The second-order valence-electron chi connectivity index (χ2n) is 3.14. The number of alkyl halides is 3. The van der Waals surface area contributed by atoms with Crippen LogP contribution < -0.4 is 5.01 Å². The molecule has 90 valence electrons. The minimum absolute atomic E-state index is 0.0698. The topological polar surface area (TPSA) is 58.5 Å². The Balaban J connectivity index is 2.31. The summed E-state index contributed by atoms with van der Waals surface area (Å²) in [6.45, 7) is 0. The first-order chi connectivity index (χ1) is 7.88. The Morgan fingerprint density at radius 1 is 1.29 bits per heavy atom. The quantitative estimate of drug-likeness (QED) is 0.777. The Morgan fingerprint density at radius 3 is 2.47 bits per heavy atom. The maximum Gasteiger partial charge on any atom is 0.431 e. The van der Waals surface area contributed by atoms with E-state index in [-0.39, 0.29) is 11.0 Å². The number of halogens is 4. The maximum absolute atomic E-state index is 12.3. The molecule has 0 aromatic carbocycles. The Morgan fingerprint density at radius 2 is 2.00 bits per heavy atom. The van der Waals surface area contributed by atoms with Crippen LogP contribution in [0.2, 0.25) is 5.15 Å². The SMILES string of the molecule is O=C1CC(C(F)(F)F)=NN1c1ccc(Cl)nn1. The molecule has 1 aliphatic rings. The molecule has 0 spiro atoms. The molecule has 17 heavy (non-hydrogen) atoms. The van der Waals surface area contributed by atoms with Crippen molar-refractivity contribution in [3.63, 3.8) is 0 Å². The molecule has 0 fully saturated rings.